The number of anilines is 1. The Morgan fingerprint density at radius 3 is 2.73 bits per heavy atom. The fourth-order valence-corrected chi connectivity index (χ4v) is 3.40. The van der Waals surface area contributed by atoms with Gasteiger partial charge in [-0.2, -0.15) is 0 Å². The van der Waals surface area contributed by atoms with Crippen molar-refractivity contribution in [3.8, 4) is 5.75 Å². The maximum atomic E-state index is 11.7. The lowest BCUT2D eigenvalue weighted by atomic mass is 10.0. The largest absolute Gasteiger partial charge is 0.487 e. The van der Waals surface area contributed by atoms with Gasteiger partial charge in [-0.15, -0.1) is 0 Å². The molecule has 1 amide bonds. The summed E-state index contributed by atoms with van der Waals surface area (Å²) in [5, 5.41) is 3.40. The Morgan fingerprint density at radius 2 is 2.08 bits per heavy atom. The first-order valence-corrected chi connectivity index (χ1v) is 9.29. The first kappa shape index (κ1) is 18.6. The van der Waals surface area contributed by atoms with Crippen molar-refractivity contribution in [3.63, 3.8) is 0 Å². The number of hydrogen-bond donors (Lipinski definition) is 1. The molecule has 0 unspecified atom stereocenters. The summed E-state index contributed by atoms with van der Waals surface area (Å²) in [7, 11) is 1.36. The lowest BCUT2D eigenvalue weighted by Crippen LogP contribution is -2.14. The fraction of sp³-hybridized carbons (Fsp3) is 0.381. The molecule has 4 nitrogen and oxygen atoms in total. The van der Waals surface area contributed by atoms with E-state index in [-0.39, 0.29) is 0 Å². The molecule has 5 heteroatoms. The van der Waals surface area contributed by atoms with E-state index in [2.05, 4.69) is 25.2 Å². The molecule has 0 heterocycles. The number of aryl methyl sites for hydroxylation is 2. The van der Waals surface area contributed by atoms with Gasteiger partial charge in [0.1, 0.15) is 12.4 Å². The predicted octanol–water partition coefficient (Wildman–Crippen LogP) is 5.85. The van der Waals surface area contributed by atoms with E-state index in [1.807, 2.05) is 24.3 Å². The van der Waals surface area contributed by atoms with Crippen LogP contribution in [0.25, 0.3) is 0 Å². The third-order valence-corrected chi connectivity index (χ3v) is 5.09. The van der Waals surface area contributed by atoms with Crippen molar-refractivity contribution in [2.24, 2.45) is 0 Å². The maximum Gasteiger partial charge on any atom is 0.411 e. The van der Waals surface area contributed by atoms with Gasteiger partial charge in [-0.3, -0.25) is 5.32 Å². The molecule has 0 saturated heterocycles. The van der Waals surface area contributed by atoms with Gasteiger partial charge >= 0.3 is 6.09 Å². The van der Waals surface area contributed by atoms with Crippen LogP contribution in [0.1, 0.15) is 47.9 Å². The van der Waals surface area contributed by atoms with Crippen LogP contribution in [0.2, 0.25) is 5.02 Å². The second-order valence-electron chi connectivity index (χ2n) is 6.62. The molecule has 1 aliphatic rings. The Labute approximate surface area is 159 Å². The zero-order valence-corrected chi connectivity index (χ0v) is 16.2. The van der Waals surface area contributed by atoms with Crippen LogP contribution in [0.5, 0.6) is 5.75 Å². The van der Waals surface area contributed by atoms with E-state index in [0.717, 1.165) is 23.2 Å². The molecule has 1 N–H and O–H groups in total. The Kier molecular flexibility index (Phi) is 5.72. The molecule has 1 aliphatic carbocycles. The van der Waals surface area contributed by atoms with Crippen LogP contribution in [0.15, 0.2) is 30.3 Å². The van der Waals surface area contributed by atoms with E-state index < -0.39 is 6.09 Å². The van der Waals surface area contributed by atoms with Crippen molar-refractivity contribution in [1.82, 2.24) is 0 Å². The number of amides is 1. The Bertz CT molecular complexity index is 815. The second kappa shape index (κ2) is 8.00. The molecular weight excluding hydrogens is 350 g/mol. The van der Waals surface area contributed by atoms with Crippen molar-refractivity contribution in [2.75, 3.05) is 12.4 Å². The van der Waals surface area contributed by atoms with Gasteiger partial charge in [-0.1, -0.05) is 30.7 Å². The van der Waals surface area contributed by atoms with E-state index in [0.29, 0.717) is 23.3 Å². The van der Waals surface area contributed by atoms with Crippen molar-refractivity contribution in [3.05, 3.63) is 57.6 Å². The van der Waals surface area contributed by atoms with Gasteiger partial charge in [0.15, 0.2) is 0 Å². The number of rotatable bonds is 6. The number of hydrogen-bond acceptors (Lipinski definition) is 3. The fourth-order valence-electron chi connectivity index (χ4n) is 3.16. The molecule has 0 radical (unpaired) electrons. The minimum Gasteiger partial charge on any atom is -0.487 e. The summed E-state index contributed by atoms with van der Waals surface area (Å²) in [6.45, 7) is 4.51. The molecule has 138 valence electrons. The first-order valence-electron chi connectivity index (χ1n) is 8.92. The Balaban J connectivity index is 1.87. The zero-order valence-electron chi connectivity index (χ0n) is 15.4. The van der Waals surface area contributed by atoms with Crippen molar-refractivity contribution >= 4 is 23.4 Å². The highest BCUT2D eigenvalue weighted by atomic mass is 35.5. The first-order chi connectivity index (χ1) is 12.5. The predicted molar refractivity (Wildman–Crippen MR) is 104 cm³/mol. The molecule has 0 atom stereocenters. The van der Waals surface area contributed by atoms with Crippen LogP contribution in [0, 0.1) is 6.92 Å². The topological polar surface area (TPSA) is 47.6 Å². The summed E-state index contributed by atoms with van der Waals surface area (Å²) in [4.78, 5) is 11.7. The lowest BCUT2D eigenvalue weighted by Gasteiger charge is -2.17. The Hall–Kier alpha value is -2.20. The zero-order chi connectivity index (χ0) is 18.7. The standard InChI is InChI=1S/C21H24ClNO3/c1-4-14-11-18(22)20(10-13(14)2)26-12-17-16(15-8-9-15)6-5-7-19(17)23-21(24)25-3/h5-7,10-11,15H,4,8-9,12H2,1-3H3,(H,23,24). The highest BCUT2D eigenvalue weighted by Gasteiger charge is 2.27. The van der Waals surface area contributed by atoms with Crippen LogP contribution in [0.3, 0.4) is 0 Å². The SMILES string of the molecule is CCc1cc(Cl)c(OCc2c(NC(=O)OC)cccc2C2CC2)cc1C. The van der Waals surface area contributed by atoms with E-state index in [1.165, 1.54) is 31.1 Å². The number of halogens is 1. The maximum absolute atomic E-state index is 11.7. The number of nitrogens with one attached hydrogen (secondary N) is 1. The van der Waals surface area contributed by atoms with Crippen molar-refractivity contribution in [2.45, 2.75) is 45.6 Å². The van der Waals surface area contributed by atoms with Crippen LogP contribution in [-0.2, 0) is 17.8 Å². The molecule has 0 spiro atoms. The minimum absolute atomic E-state index is 0.344. The summed E-state index contributed by atoms with van der Waals surface area (Å²) < 4.78 is 10.8. The van der Waals surface area contributed by atoms with Gasteiger partial charge in [-0.25, -0.2) is 4.79 Å². The molecule has 1 saturated carbocycles. The van der Waals surface area contributed by atoms with Gasteiger partial charge < -0.3 is 9.47 Å². The van der Waals surface area contributed by atoms with Gasteiger partial charge in [0, 0.05) is 5.56 Å². The normalized spacial score (nSPS) is 13.4. The molecule has 3 rings (SSSR count). The van der Waals surface area contributed by atoms with Crippen molar-refractivity contribution in [1.29, 1.82) is 0 Å². The average molecular weight is 374 g/mol. The molecule has 0 aliphatic heterocycles. The molecule has 2 aromatic carbocycles. The number of methoxy groups -OCH3 is 1. The van der Waals surface area contributed by atoms with Gasteiger partial charge in [0.25, 0.3) is 0 Å². The van der Waals surface area contributed by atoms with Crippen LogP contribution < -0.4 is 10.1 Å². The van der Waals surface area contributed by atoms with Gasteiger partial charge in [0.05, 0.1) is 17.8 Å². The number of benzene rings is 2. The van der Waals surface area contributed by atoms with E-state index in [9.17, 15) is 4.79 Å². The summed E-state index contributed by atoms with van der Waals surface area (Å²) >= 11 is 6.39. The average Bonchev–Trinajstić information content (AvgIpc) is 3.47. The van der Waals surface area contributed by atoms with Gasteiger partial charge in [-0.05, 0) is 67.0 Å². The van der Waals surface area contributed by atoms with Crippen LogP contribution in [-0.4, -0.2) is 13.2 Å². The molecule has 2 aromatic rings. The van der Waals surface area contributed by atoms with E-state index >= 15 is 0 Å². The number of ether oxygens (including phenoxy) is 2. The molecule has 0 bridgehead atoms. The van der Waals surface area contributed by atoms with Crippen molar-refractivity contribution < 1.29 is 14.3 Å². The summed E-state index contributed by atoms with van der Waals surface area (Å²) in [6, 6.07) is 9.87. The van der Waals surface area contributed by atoms with Gasteiger partial charge in [0.2, 0.25) is 0 Å². The molecule has 0 aromatic heterocycles. The molecule has 1 fully saturated rings. The monoisotopic (exact) mass is 373 g/mol. The molecular formula is C21H24ClNO3. The highest BCUT2D eigenvalue weighted by molar-refractivity contribution is 6.32. The number of carbonyl (C=O) groups is 1. The quantitative estimate of drug-likeness (QED) is 0.691. The van der Waals surface area contributed by atoms with E-state index in [4.69, 9.17) is 21.1 Å². The van der Waals surface area contributed by atoms with Crippen LogP contribution >= 0.6 is 11.6 Å². The second-order valence-corrected chi connectivity index (χ2v) is 7.02. The smallest absolute Gasteiger partial charge is 0.411 e. The third kappa shape index (κ3) is 4.13. The highest BCUT2D eigenvalue weighted by Crippen LogP contribution is 2.43. The summed E-state index contributed by atoms with van der Waals surface area (Å²) in [5.74, 6) is 1.20. The third-order valence-electron chi connectivity index (χ3n) is 4.79. The van der Waals surface area contributed by atoms with E-state index in [1.54, 1.807) is 0 Å². The summed E-state index contributed by atoms with van der Waals surface area (Å²) in [6.07, 6.45) is 2.78. The Morgan fingerprint density at radius 1 is 1.31 bits per heavy atom. The minimum atomic E-state index is -0.486. The lowest BCUT2D eigenvalue weighted by molar-refractivity contribution is 0.187. The summed E-state index contributed by atoms with van der Waals surface area (Å²) in [5.41, 5.74) is 5.30. The molecule has 26 heavy (non-hydrogen) atoms. The van der Waals surface area contributed by atoms with Crippen LogP contribution in [0.4, 0.5) is 10.5 Å². The number of carbonyl (C=O) groups excluding carboxylic acids is 1.